The third-order valence-electron chi connectivity index (χ3n) is 12.2. The standard InChI is InChI=1S/C44H76N12O13/c1-7-23(4)34(53-36(60)26(46)12-8-9-17-45)41(65)49-24(5)42(66)55-18-10-13-30(55)40(64)51-28(21-33(48)59)38(62)54-35(25(6)57)43(67)56-19-11-14-31(56)39(63)50-27(15-16-32(47)58)37(61)52-29(44(68)69)20-22(2)3/h22-31,34-35,57H,7-21,45-46H2,1-6H3,(H2,47,58)(H2,48,59)(H,49,65)(H,50,63)(H,51,64)(H,52,61)(H,53,60)(H,54,62)(H,68,69)/t23-,24-,25+,26-,27-,28-,29-,30-,31-,34-,35-/m0/s1. The number of hydrogen-bond acceptors (Lipinski definition) is 14. The monoisotopic (exact) mass is 981 g/mol. The van der Waals surface area contributed by atoms with Crippen molar-refractivity contribution in [1.29, 1.82) is 0 Å². The molecule has 2 fully saturated rings. The SMILES string of the molecule is CC[C@H](C)[C@H](NC(=O)[C@@H](N)CCCCN)C(=O)N[C@@H](C)C(=O)N1CCC[C@H]1C(=O)N[C@@H](CC(N)=O)C(=O)N[C@H](C(=O)N1CCC[C@H]1C(=O)N[C@@H](CCC(N)=O)C(=O)N[C@@H](CC(C)C)C(=O)O)[C@@H](C)O. The molecule has 2 aliphatic rings. The molecule has 0 saturated carbocycles. The molecule has 390 valence electrons. The van der Waals surface area contributed by atoms with E-state index in [1.54, 1.807) is 20.8 Å². The fraction of sp³-hybridized carbons (Fsp3) is 0.750. The molecular weight excluding hydrogens is 905 g/mol. The van der Waals surface area contributed by atoms with Crippen molar-refractivity contribution in [3.63, 3.8) is 0 Å². The van der Waals surface area contributed by atoms with Crippen LogP contribution in [0, 0.1) is 11.8 Å². The second-order valence-electron chi connectivity index (χ2n) is 18.4. The number of carboxylic acid groups (broad SMARTS) is 1. The van der Waals surface area contributed by atoms with E-state index >= 15 is 0 Å². The molecule has 10 amide bonds. The van der Waals surface area contributed by atoms with Gasteiger partial charge in [0.15, 0.2) is 0 Å². The molecule has 0 aromatic rings. The molecule has 2 heterocycles. The number of nitrogens with zero attached hydrogens (tertiary/aromatic N) is 2. The molecular formula is C44H76N12O13. The van der Waals surface area contributed by atoms with E-state index in [4.69, 9.17) is 22.9 Å². The van der Waals surface area contributed by atoms with E-state index in [-0.39, 0.29) is 63.5 Å². The number of aliphatic hydroxyl groups is 1. The molecule has 2 aliphatic heterocycles. The molecule has 0 spiro atoms. The van der Waals surface area contributed by atoms with E-state index < -0.39 is 132 Å². The van der Waals surface area contributed by atoms with Gasteiger partial charge in [-0.1, -0.05) is 40.5 Å². The Labute approximate surface area is 402 Å². The zero-order chi connectivity index (χ0) is 52.3. The molecule has 0 radical (unpaired) electrons. The first-order chi connectivity index (χ1) is 32.3. The number of carboxylic acids is 1. The summed E-state index contributed by atoms with van der Waals surface area (Å²) in [5.74, 6) is -10.1. The molecule has 16 N–H and O–H groups in total. The van der Waals surface area contributed by atoms with Gasteiger partial charge in [-0.05, 0) is 83.6 Å². The Kier molecular flexibility index (Phi) is 24.5. The second-order valence-corrected chi connectivity index (χ2v) is 18.4. The number of amides is 10. The van der Waals surface area contributed by atoms with Gasteiger partial charge < -0.3 is 74.8 Å². The maximum atomic E-state index is 14.0. The lowest BCUT2D eigenvalue weighted by atomic mass is 9.97. The zero-order valence-corrected chi connectivity index (χ0v) is 40.6. The number of rotatable bonds is 29. The number of aliphatic hydroxyl groups excluding tert-OH is 1. The van der Waals surface area contributed by atoms with Crippen LogP contribution >= 0.6 is 0 Å². The van der Waals surface area contributed by atoms with E-state index in [2.05, 4.69) is 31.9 Å². The number of primary amides is 2. The molecule has 2 rings (SSSR count). The molecule has 25 nitrogen and oxygen atoms in total. The summed E-state index contributed by atoms with van der Waals surface area (Å²) in [6.45, 7) is 10.2. The first-order valence-electron chi connectivity index (χ1n) is 23.7. The van der Waals surface area contributed by atoms with Gasteiger partial charge in [-0.3, -0.25) is 47.9 Å². The average Bonchev–Trinajstić information content (AvgIpc) is 3.98. The highest BCUT2D eigenvalue weighted by molar-refractivity contribution is 5.99. The maximum absolute atomic E-state index is 14.0. The number of unbranched alkanes of at least 4 members (excludes halogenated alkanes) is 1. The predicted molar refractivity (Wildman–Crippen MR) is 248 cm³/mol. The van der Waals surface area contributed by atoms with Crippen LogP contribution in [0.3, 0.4) is 0 Å². The topological polar surface area (TPSA) is 411 Å². The summed E-state index contributed by atoms with van der Waals surface area (Å²) in [4.78, 5) is 147. The Bertz CT molecular complexity index is 1850. The number of carbonyl (C=O) groups is 11. The lowest BCUT2D eigenvalue weighted by Gasteiger charge is -2.32. The Morgan fingerprint density at radius 2 is 1.17 bits per heavy atom. The van der Waals surface area contributed by atoms with Crippen LogP contribution in [0.4, 0.5) is 0 Å². The minimum absolute atomic E-state index is 0.0355. The normalized spacial score (nSPS) is 19.6. The van der Waals surface area contributed by atoms with E-state index in [1.807, 2.05) is 6.92 Å². The van der Waals surface area contributed by atoms with Crippen molar-refractivity contribution < 1.29 is 63.0 Å². The van der Waals surface area contributed by atoms with Gasteiger partial charge in [-0.25, -0.2) is 4.79 Å². The maximum Gasteiger partial charge on any atom is 0.326 e. The number of hydrogen-bond donors (Lipinski definition) is 12. The Hall–Kier alpha value is -5.95. The van der Waals surface area contributed by atoms with Crippen LogP contribution < -0.4 is 54.8 Å². The van der Waals surface area contributed by atoms with Crippen molar-refractivity contribution >= 4 is 65.0 Å². The number of aliphatic carboxylic acids is 1. The molecule has 0 aromatic carbocycles. The summed E-state index contributed by atoms with van der Waals surface area (Å²) < 4.78 is 0. The molecule has 0 aromatic heterocycles. The van der Waals surface area contributed by atoms with Crippen LogP contribution in [-0.2, 0) is 52.7 Å². The van der Waals surface area contributed by atoms with Gasteiger partial charge in [-0.2, -0.15) is 0 Å². The fourth-order valence-corrected chi connectivity index (χ4v) is 8.11. The van der Waals surface area contributed by atoms with Crippen LogP contribution in [0.2, 0.25) is 0 Å². The minimum Gasteiger partial charge on any atom is -0.480 e. The van der Waals surface area contributed by atoms with Gasteiger partial charge in [0.25, 0.3) is 0 Å². The molecule has 0 aliphatic carbocycles. The molecule has 0 unspecified atom stereocenters. The summed E-state index contributed by atoms with van der Waals surface area (Å²) in [6.07, 6.45) is 0.0240. The first kappa shape index (κ1) is 59.2. The third-order valence-corrected chi connectivity index (χ3v) is 12.2. The number of nitrogens with one attached hydrogen (secondary N) is 6. The van der Waals surface area contributed by atoms with Gasteiger partial charge in [-0.15, -0.1) is 0 Å². The molecule has 2 saturated heterocycles. The van der Waals surface area contributed by atoms with Crippen LogP contribution in [-0.4, -0.2) is 165 Å². The highest BCUT2D eigenvalue weighted by atomic mass is 16.4. The lowest BCUT2D eigenvalue weighted by Crippen LogP contribution is -2.62. The van der Waals surface area contributed by atoms with E-state index in [0.29, 0.717) is 38.6 Å². The van der Waals surface area contributed by atoms with Crippen molar-refractivity contribution in [2.24, 2.45) is 34.8 Å². The van der Waals surface area contributed by atoms with Crippen molar-refractivity contribution in [3.05, 3.63) is 0 Å². The number of likely N-dealkylation sites (tertiary alicyclic amines) is 2. The zero-order valence-electron chi connectivity index (χ0n) is 40.6. The predicted octanol–water partition coefficient (Wildman–Crippen LogP) is -3.95. The summed E-state index contributed by atoms with van der Waals surface area (Å²) in [5.41, 5.74) is 22.3. The third kappa shape index (κ3) is 18.5. The van der Waals surface area contributed by atoms with E-state index in [0.717, 1.165) is 4.90 Å². The van der Waals surface area contributed by atoms with Crippen molar-refractivity contribution in [2.75, 3.05) is 19.6 Å². The second kappa shape index (κ2) is 28.5. The van der Waals surface area contributed by atoms with Crippen LogP contribution in [0.5, 0.6) is 0 Å². The summed E-state index contributed by atoms with van der Waals surface area (Å²) in [5, 5.41) is 35.4. The van der Waals surface area contributed by atoms with Crippen LogP contribution in [0.1, 0.15) is 119 Å². The fourth-order valence-electron chi connectivity index (χ4n) is 8.11. The van der Waals surface area contributed by atoms with Gasteiger partial charge in [0.1, 0.15) is 48.3 Å². The Morgan fingerprint density at radius 3 is 1.67 bits per heavy atom. The van der Waals surface area contributed by atoms with Crippen molar-refractivity contribution in [2.45, 2.75) is 179 Å². The van der Waals surface area contributed by atoms with Crippen molar-refractivity contribution in [3.8, 4) is 0 Å². The van der Waals surface area contributed by atoms with Gasteiger partial charge in [0.2, 0.25) is 59.1 Å². The molecule has 11 atom stereocenters. The largest absolute Gasteiger partial charge is 0.480 e. The first-order valence-corrected chi connectivity index (χ1v) is 23.7. The van der Waals surface area contributed by atoms with Gasteiger partial charge >= 0.3 is 5.97 Å². The minimum atomic E-state index is -1.75. The highest BCUT2D eigenvalue weighted by Crippen LogP contribution is 2.22. The molecule has 0 bridgehead atoms. The average molecular weight is 981 g/mol. The van der Waals surface area contributed by atoms with E-state index in [1.165, 1.54) is 18.7 Å². The van der Waals surface area contributed by atoms with Crippen LogP contribution in [0.15, 0.2) is 0 Å². The smallest absolute Gasteiger partial charge is 0.326 e. The van der Waals surface area contributed by atoms with Crippen LogP contribution in [0.25, 0.3) is 0 Å². The molecule has 69 heavy (non-hydrogen) atoms. The Morgan fingerprint density at radius 1 is 0.638 bits per heavy atom. The molecule has 25 heteroatoms. The summed E-state index contributed by atoms with van der Waals surface area (Å²) in [6, 6.07) is -11.7. The summed E-state index contributed by atoms with van der Waals surface area (Å²) in [7, 11) is 0. The quantitative estimate of drug-likeness (QED) is 0.0319. The van der Waals surface area contributed by atoms with Gasteiger partial charge in [0.05, 0.1) is 18.6 Å². The Balaban J connectivity index is 2.23. The van der Waals surface area contributed by atoms with Crippen molar-refractivity contribution in [1.82, 2.24) is 41.7 Å². The summed E-state index contributed by atoms with van der Waals surface area (Å²) >= 11 is 0. The number of carbonyl (C=O) groups excluding carboxylic acids is 10. The lowest BCUT2D eigenvalue weighted by molar-refractivity contribution is -0.145. The van der Waals surface area contributed by atoms with Gasteiger partial charge in [0, 0.05) is 19.5 Å². The highest BCUT2D eigenvalue weighted by Gasteiger charge is 2.43. The number of nitrogens with two attached hydrogens (primary N) is 4. The van der Waals surface area contributed by atoms with E-state index in [9.17, 15) is 63.0 Å².